The average molecular weight is 326 g/mol. The number of morpholine rings is 1. The molecule has 0 saturated carbocycles. The van der Waals surface area contributed by atoms with Gasteiger partial charge >= 0.3 is 0 Å². The molecule has 0 amide bonds. The first kappa shape index (κ1) is 16.9. The molecule has 1 saturated heterocycles. The number of nitrogens with zero attached hydrogens (tertiary/aromatic N) is 4. The van der Waals surface area contributed by atoms with Crippen LogP contribution in [0.5, 0.6) is 0 Å². The van der Waals surface area contributed by atoms with E-state index in [1.54, 1.807) is 0 Å². The largest absolute Gasteiger partial charge is 0.376 e. The minimum atomic E-state index is 0.298. The minimum absolute atomic E-state index is 0.298. The van der Waals surface area contributed by atoms with Gasteiger partial charge < -0.3 is 9.64 Å². The standard InChI is InChI=1S/C19H26N4O/c1-22(2)19-12-16(7-9-21-19)5-6-18-15-23(10-11-24-18)14-17-4-3-8-20-13-17/h3-4,7-9,12-13,18H,5-6,10-11,14-15H2,1-2H3/t18-/m1/s1. The van der Waals surface area contributed by atoms with Gasteiger partial charge in [0, 0.05) is 52.3 Å². The summed E-state index contributed by atoms with van der Waals surface area (Å²) in [5.74, 6) is 1.01. The van der Waals surface area contributed by atoms with Gasteiger partial charge in [-0.2, -0.15) is 0 Å². The van der Waals surface area contributed by atoms with Crippen LogP contribution in [0, 0.1) is 0 Å². The summed E-state index contributed by atoms with van der Waals surface area (Å²) in [5, 5.41) is 0. The molecule has 0 bridgehead atoms. The summed E-state index contributed by atoms with van der Waals surface area (Å²) in [6.45, 7) is 3.74. The van der Waals surface area contributed by atoms with Crippen molar-refractivity contribution in [2.75, 3.05) is 38.7 Å². The summed E-state index contributed by atoms with van der Waals surface area (Å²) in [5.41, 5.74) is 2.59. The van der Waals surface area contributed by atoms with Crippen LogP contribution in [0.25, 0.3) is 0 Å². The topological polar surface area (TPSA) is 41.5 Å². The molecule has 24 heavy (non-hydrogen) atoms. The molecule has 128 valence electrons. The monoisotopic (exact) mass is 326 g/mol. The van der Waals surface area contributed by atoms with Gasteiger partial charge in [0.2, 0.25) is 0 Å². The van der Waals surface area contributed by atoms with E-state index in [0.717, 1.165) is 44.9 Å². The summed E-state index contributed by atoms with van der Waals surface area (Å²) in [6.07, 6.45) is 8.02. The van der Waals surface area contributed by atoms with Crippen molar-refractivity contribution in [3.63, 3.8) is 0 Å². The third kappa shape index (κ3) is 4.76. The summed E-state index contributed by atoms with van der Waals surface area (Å²) in [4.78, 5) is 13.1. The maximum Gasteiger partial charge on any atom is 0.128 e. The zero-order valence-electron chi connectivity index (χ0n) is 14.6. The van der Waals surface area contributed by atoms with E-state index >= 15 is 0 Å². The van der Waals surface area contributed by atoms with Gasteiger partial charge in [0.05, 0.1) is 12.7 Å². The number of aromatic nitrogens is 2. The molecule has 2 aromatic heterocycles. The molecular formula is C19H26N4O. The fraction of sp³-hybridized carbons (Fsp3) is 0.474. The van der Waals surface area contributed by atoms with Gasteiger partial charge in [0.15, 0.2) is 0 Å². The van der Waals surface area contributed by atoms with Gasteiger partial charge in [-0.3, -0.25) is 9.88 Å². The van der Waals surface area contributed by atoms with Gasteiger partial charge in [0.1, 0.15) is 5.82 Å². The highest BCUT2D eigenvalue weighted by molar-refractivity contribution is 5.39. The normalized spacial score (nSPS) is 18.5. The Morgan fingerprint density at radius 1 is 1.25 bits per heavy atom. The molecule has 0 unspecified atom stereocenters. The first-order chi connectivity index (χ1) is 11.7. The number of anilines is 1. The van der Waals surface area contributed by atoms with Gasteiger partial charge in [-0.15, -0.1) is 0 Å². The van der Waals surface area contributed by atoms with Crippen molar-refractivity contribution < 1.29 is 4.74 Å². The van der Waals surface area contributed by atoms with Crippen molar-refractivity contribution in [3.05, 3.63) is 54.0 Å². The van der Waals surface area contributed by atoms with Crippen LogP contribution in [0.4, 0.5) is 5.82 Å². The van der Waals surface area contributed by atoms with Crippen LogP contribution in [-0.4, -0.2) is 54.8 Å². The molecule has 1 aliphatic rings. The Morgan fingerprint density at radius 2 is 2.17 bits per heavy atom. The maximum atomic E-state index is 5.96. The van der Waals surface area contributed by atoms with Crippen LogP contribution < -0.4 is 4.90 Å². The molecule has 0 radical (unpaired) electrons. The van der Waals surface area contributed by atoms with Crippen LogP contribution in [-0.2, 0) is 17.7 Å². The van der Waals surface area contributed by atoms with Crippen molar-refractivity contribution in [1.82, 2.24) is 14.9 Å². The third-order valence-electron chi connectivity index (χ3n) is 4.37. The SMILES string of the molecule is CN(C)c1cc(CC[C@@H]2CN(Cc3cccnc3)CCO2)ccn1. The predicted molar refractivity (Wildman–Crippen MR) is 96.1 cm³/mol. The lowest BCUT2D eigenvalue weighted by Crippen LogP contribution is -2.42. The van der Waals surface area contributed by atoms with E-state index in [1.807, 2.05) is 43.7 Å². The first-order valence-electron chi connectivity index (χ1n) is 8.56. The van der Waals surface area contributed by atoms with E-state index in [-0.39, 0.29) is 0 Å². The number of pyridine rings is 2. The van der Waals surface area contributed by atoms with Gasteiger partial charge in [0.25, 0.3) is 0 Å². The maximum absolute atomic E-state index is 5.96. The second-order valence-electron chi connectivity index (χ2n) is 6.54. The highest BCUT2D eigenvalue weighted by atomic mass is 16.5. The molecule has 2 aromatic rings. The molecule has 1 atom stereocenters. The minimum Gasteiger partial charge on any atom is -0.376 e. The zero-order chi connectivity index (χ0) is 16.8. The van der Waals surface area contributed by atoms with Crippen molar-refractivity contribution in [3.8, 4) is 0 Å². The smallest absolute Gasteiger partial charge is 0.128 e. The molecule has 3 rings (SSSR count). The summed E-state index contributed by atoms with van der Waals surface area (Å²) in [6, 6.07) is 8.40. The molecule has 0 spiro atoms. The average Bonchev–Trinajstić information content (AvgIpc) is 2.61. The second-order valence-corrected chi connectivity index (χ2v) is 6.54. The molecule has 1 aliphatic heterocycles. The van der Waals surface area contributed by atoms with E-state index in [1.165, 1.54) is 11.1 Å². The quantitative estimate of drug-likeness (QED) is 0.815. The van der Waals surface area contributed by atoms with E-state index < -0.39 is 0 Å². The van der Waals surface area contributed by atoms with Gasteiger partial charge in [-0.25, -0.2) is 4.98 Å². The molecule has 5 heteroatoms. The lowest BCUT2D eigenvalue weighted by atomic mass is 10.1. The zero-order valence-corrected chi connectivity index (χ0v) is 14.6. The van der Waals surface area contributed by atoms with Gasteiger partial charge in [-0.1, -0.05) is 6.07 Å². The Bertz CT molecular complexity index is 632. The van der Waals surface area contributed by atoms with Crippen LogP contribution >= 0.6 is 0 Å². The second kappa shape index (κ2) is 8.22. The number of rotatable bonds is 6. The Kier molecular flexibility index (Phi) is 5.77. The number of ether oxygens (including phenoxy) is 1. The highest BCUT2D eigenvalue weighted by Crippen LogP contribution is 2.16. The summed E-state index contributed by atoms with van der Waals surface area (Å²) in [7, 11) is 4.04. The van der Waals surface area contributed by atoms with Crippen molar-refractivity contribution >= 4 is 5.82 Å². The molecule has 0 aromatic carbocycles. The molecule has 0 aliphatic carbocycles. The van der Waals surface area contributed by atoms with Crippen LogP contribution in [0.3, 0.4) is 0 Å². The van der Waals surface area contributed by atoms with Crippen molar-refractivity contribution in [2.24, 2.45) is 0 Å². The number of hydrogen-bond acceptors (Lipinski definition) is 5. The van der Waals surface area contributed by atoms with Gasteiger partial charge in [-0.05, 0) is 42.2 Å². The first-order valence-corrected chi connectivity index (χ1v) is 8.56. The Morgan fingerprint density at radius 3 is 2.96 bits per heavy atom. The van der Waals surface area contributed by atoms with E-state index in [2.05, 4.69) is 33.1 Å². The van der Waals surface area contributed by atoms with Crippen LogP contribution in [0.15, 0.2) is 42.9 Å². The molecule has 5 nitrogen and oxygen atoms in total. The Hall–Kier alpha value is -1.98. The summed E-state index contributed by atoms with van der Waals surface area (Å²) < 4.78 is 5.96. The predicted octanol–water partition coefficient (Wildman–Crippen LogP) is 2.38. The fourth-order valence-corrected chi connectivity index (χ4v) is 3.04. The lowest BCUT2D eigenvalue weighted by Gasteiger charge is -2.33. The Balaban J connectivity index is 1.51. The molecule has 0 N–H and O–H groups in total. The van der Waals surface area contributed by atoms with Crippen LogP contribution in [0.1, 0.15) is 17.5 Å². The highest BCUT2D eigenvalue weighted by Gasteiger charge is 2.20. The van der Waals surface area contributed by atoms with E-state index in [0.29, 0.717) is 6.10 Å². The number of hydrogen-bond donors (Lipinski definition) is 0. The van der Waals surface area contributed by atoms with Crippen LogP contribution in [0.2, 0.25) is 0 Å². The molecular weight excluding hydrogens is 300 g/mol. The summed E-state index contributed by atoms with van der Waals surface area (Å²) >= 11 is 0. The van der Waals surface area contributed by atoms with E-state index in [4.69, 9.17) is 4.74 Å². The lowest BCUT2D eigenvalue weighted by molar-refractivity contribution is -0.0346. The molecule has 3 heterocycles. The molecule has 1 fully saturated rings. The van der Waals surface area contributed by atoms with Crippen molar-refractivity contribution in [1.29, 1.82) is 0 Å². The number of aryl methyl sites for hydroxylation is 1. The van der Waals surface area contributed by atoms with E-state index in [9.17, 15) is 0 Å². The Labute approximate surface area is 144 Å². The van der Waals surface area contributed by atoms with Crippen molar-refractivity contribution in [2.45, 2.75) is 25.5 Å². The fourth-order valence-electron chi connectivity index (χ4n) is 3.04. The third-order valence-corrected chi connectivity index (χ3v) is 4.37.